The lowest BCUT2D eigenvalue weighted by Crippen LogP contribution is -2.09. The molecule has 0 aliphatic rings. The van der Waals surface area contributed by atoms with Crippen molar-refractivity contribution in [3.05, 3.63) is 65.7 Å². The first-order valence-corrected chi connectivity index (χ1v) is 8.43. The van der Waals surface area contributed by atoms with Crippen LogP contribution < -0.4 is 14.4 Å². The van der Waals surface area contributed by atoms with Crippen molar-refractivity contribution in [2.75, 3.05) is 6.61 Å². The fourth-order valence-corrected chi connectivity index (χ4v) is 2.34. The summed E-state index contributed by atoms with van der Waals surface area (Å²) in [5.74, 6) is 5.32. The van der Waals surface area contributed by atoms with Gasteiger partial charge >= 0.3 is 6.18 Å². The fraction of sp³-hybridized carbons (Fsp3) is 0.238. The van der Waals surface area contributed by atoms with Gasteiger partial charge in [-0.25, -0.2) is 5.26 Å². The number of rotatable bonds is 7. The molecule has 0 bridgehead atoms. The van der Waals surface area contributed by atoms with E-state index in [0.29, 0.717) is 18.6 Å². The van der Waals surface area contributed by atoms with Gasteiger partial charge in [0.1, 0.15) is 6.61 Å². The SMILES string of the molecule is C=CC#Cc1ccc(COc2cccc(OO)c2OCCC)cc1C(F)(F)F. The molecule has 0 amide bonds. The second-order valence-corrected chi connectivity index (χ2v) is 5.66. The van der Waals surface area contributed by atoms with Crippen molar-refractivity contribution in [1.29, 1.82) is 0 Å². The summed E-state index contributed by atoms with van der Waals surface area (Å²) in [7, 11) is 0. The molecule has 0 heterocycles. The van der Waals surface area contributed by atoms with Gasteiger partial charge < -0.3 is 14.4 Å². The summed E-state index contributed by atoms with van der Waals surface area (Å²) in [4.78, 5) is 4.28. The van der Waals surface area contributed by atoms with Crippen LogP contribution in [0, 0.1) is 11.8 Å². The minimum absolute atomic E-state index is 0.0528. The third kappa shape index (κ3) is 5.44. The summed E-state index contributed by atoms with van der Waals surface area (Å²) >= 11 is 0. The number of allylic oxidation sites excluding steroid dienone is 1. The van der Waals surface area contributed by atoms with Crippen LogP contribution in [0.5, 0.6) is 17.2 Å². The maximum Gasteiger partial charge on any atom is 0.417 e. The normalized spacial score (nSPS) is 10.6. The van der Waals surface area contributed by atoms with Crippen molar-refractivity contribution in [2.45, 2.75) is 26.1 Å². The van der Waals surface area contributed by atoms with Gasteiger partial charge in [0.2, 0.25) is 11.5 Å². The number of para-hydroxylation sites is 1. The molecule has 0 fully saturated rings. The summed E-state index contributed by atoms with van der Waals surface area (Å²) in [6.07, 6.45) is -2.62. The maximum absolute atomic E-state index is 13.3. The Morgan fingerprint density at radius 3 is 2.54 bits per heavy atom. The van der Waals surface area contributed by atoms with Crippen LogP contribution in [0.2, 0.25) is 0 Å². The van der Waals surface area contributed by atoms with Gasteiger partial charge in [0.15, 0.2) is 5.75 Å². The summed E-state index contributed by atoms with van der Waals surface area (Å²) in [6, 6.07) is 8.40. The molecule has 148 valence electrons. The Labute approximate surface area is 161 Å². The molecule has 0 spiro atoms. The highest BCUT2D eigenvalue weighted by atomic mass is 19.4. The van der Waals surface area contributed by atoms with Crippen LogP contribution in [-0.4, -0.2) is 11.9 Å². The largest absolute Gasteiger partial charge is 0.486 e. The van der Waals surface area contributed by atoms with Crippen LogP contribution >= 0.6 is 0 Å². The Hall–Kier alpha value is -3.11. The van der Waals surface area contributed by atoms with E-state index in [-0.39, 0.29) is 29.4 Å². The zero-order valence-electron chi connectivity index (χ0n) is 15.2. The van der Waals surface area contributed by atoms with E-state index in [4.69, 9.17) is 14.7 Å². The lowest BCUT2D eigenvalue weighted by molar-refractivity contribution is -0.139. The molecule has 1 N–H and O–H groups in total. The van der Waals surface area contributed by atoms with Gasteiger partial charge in [-0.1, -0.05) is 37.5 Å². The van der Waals surface area contributed by atoms with Gasteiger partial charge in [-0.3, -0.25) is 0 Å². The predicted octanol–water partition coefficient (Wildman–Crippen LogP) is 5.46. The smallest absolute Gasteiger partial charge is 0.417 e. The average molecular weight is 392 g/mol. The molecule has 0 atom stereocenters. The van der Waals surface area contributed by atoms with Crippen molar-refractivity contribution >= 4 is 0 Å². The summed E-state index contributed by atoms with van der Waals surface area (Å²) < 4.78 is 51.1. The first-order chi connectivity index (χ1) is 13.4. The predicted molar refractivity (Wildman–Crippen MR) is 98.3 cm³/mol. The van der Waals surface area contributed by atoms with Crippen LogP contribution in [-0.2, 0) is 12.8 Å². The minimum atomic E-state index is -4.55. The van der Waals surface area contributed by atoms with Gasteiger partial charge in [-0.2, -0.15) is 13.2 Å². The van der Waals surface area contributed by atoms with Crippen molar-refractivity contribution in [2.24, 2.45) is 0 Å². The Balaban J connectivity index is 2.29. The van der Waals surface area contributed by atoms with E-state index in [1.165, 1.54) is 24.3 Å². The van der Waals surface area contributed by atoms with E-state index in [0.717, 1.165) is 6.07 Å². The fourth-order valence-electron chi connectivity index (χ4n) is 2.34. The van der Waals surface area contributed by atoms with Crippen molar-refractivity contribution in [1.82, 2.24) is 0 Å². The number of hydrogen-bond acceptors (Lipinski definition) is 4. The quantitative estimate of drug-likeness (QED) is 0.386. The van der Waals surface area contributed by atoms with Gasteiger partial charge in [-0.05, 0) is 42.3 Å². The highest BCUT2D eigenvalue weighted by Crippen LogP contribution is 2.38. The van der Waals surface area contributed by atoms with Crippen molar-refractivity contribution < 1.29 is 32.8 Å². The molecule has 0 aliphatic carbocycles. The second kappa shape index (κ2) is 9.72. The summed E-state index contributed by atoms with van der Waals surface area (Å²) in [5, 5.41) is 8.97. The highest BCUT2D eigenvalue weighted by molar-refractivity contribution is 5.51. The van der Waals surface area contributed by atoms with Gasteiger partial charge in [0, 0.05) is 5.56 Å². The lowest BCUT2D eigenvalue weighted by Gasteiger charge is -2.15. The van der Waals surface area contributed by atoms with Crippen LogP contribution in [0.4, 0.5) is 13.2 Å². The summed E-state index contributed by atoms with van der Waals surface area (Å²) in [6.45, 7) is 5.49. The molecule has 0 aromatic heterocycles. The molecule has 2 aromatic rings. The third-order valence-corrected chi connectivity index (χ3v) is 3.58. The molecular formula is C21H19F3O4. The third-order valence-electron chi connectivity index (χ3n) is 3.58. The molecule has 2 aromatic carbocycles. The molecule has 0 saturated heterocycles. The van der Waals surface area contributed by atoms with E-state index >= 15 is 0 Å². The first-order valence-electron chi connectivity index (χ1n) is 8.43. The summed E-state index contributed by atoms with van der Waals surface area (Å²) in [5.41, 5.74) is -0.690. The Morgan fingerprint density at radius 1 is 1.14 bits per heavy atom. The monoisotopic (exact) mass is 392 g/mol. The van der Waals surface area contributed by atoms with E-state index in [2.05, 4.69) is 23.3 Å². The number of benzene rings is 2. The van der Waals surface area contributed by atoms with Crippen molar-refractivity contribution in [3.8, 4) is 29.1 Å². The van der Waals surface area contributed by atoms with Crippen LogP contribution in [0.25, 0.3) is 0 Å². The minimum Gasteiger partial charge on any atom is -0.486 e. The number of hydrogen-bond donors (Lipinski definition) is 1. The number of alkyl halides is 3. The molecule has 4 nitrogen and oxygen atoms in total. The molecule has 0 aliphatic heterocycles. The topological polar surface area (TPSA) is 47.9 Å². The van der Waals surface area contributed by atoms with E-state index < -0.39 is 11.7 Å². The molecule has 7 heteroatoms. The number of halogens is 3. The lowest BCUT2D eigenvalue weighted by atomic mass is 10.0. The Kier molecular flexibility index (Phi) is 7.36. The standard InChI is InChI=1S/C21H19F3O4/c1-3-5-7-16-11-10-15(13-17(16)21(22,23)24)14-27-18-8-6-9-19(28-25)20(18)26-12-4-2/h3,6,8-11,13,25H,1,4,12,14H2,2H3. The van der Waals surface area contributed by atoms with E-state index in [1.54, 1.807) is 12.1 Å². The Morgan fingerprint density at radius 2 is 1.89 bits per heavy atom. The zero-order valence-corrected chi connectivity index (χ0v) is 15.2. The molecule has 0 radical (unpaired) electrons. The Bertz CT molecular complexity index is 879. The number of ether oxygens (including phenoxy) is 2. The average Bonchev–Trinajstić information content (AvgIpc) is 2.68. The van der Waals surface area contributed by atoms with Crippen LogP contribution in [0.15, 0.2) is 49.1 Å². The molecule has 28 heavy (non-hydrogen) atoms. The van der Waals surface area contributed by atoms with Crippen LogP contribution in [0.1, 0.15) is 30.0 Å². The van der Waals surface area contributed by atoms with E-state index in [1.807, 2.05) is 6.92 Å². The molecule has 2 rings (SSSR count). The molecular weight excluding hydrogens is 373 g/mol. The van der Waals surface area contributed by atoms with Crippen LogP contribution in [0.3, 0.4) is 0 Å². The second-order valence-electron chi connectivity index (χ2n) is 5.66. The van der Waals surface area contributed by atoms with Gasteiger partial charge in [0.25, 0.3) is 0 Å². The molecule has 0 saturated carbocycles. The van der Waals surface area contributed by atoms with Gasteiger partial charge in [-0.15, -0.1) is 0 Å². The zero-order chi connectivity index (χ0) is 20.6. The maximum atomic E-state index is 13.3. The van der Waals surface area contributed by atoms with Gasteiger partial charge in [0.05, 0.1) is 12.2 Å². The van der Waals surface area contributed by atoms with Crippen molar-refractivity contribution in [3.63, 3.8) is 0 Å². The molecule has 0 unspecified atom stereocenters. The first kappa shape index (κ1) is 21.2. The highest BCUT2D eigenvalue weighted by Gasteiger charge is 2.33. The van der Waals surface area contributed by atoms with E-state index in [9.17, 15) is 13.2 Å².